The number of carbonyl (C=O) groups is 1. The second-order valence-electron chi connectivity index (χ2n) is 6.48. The molecule has 0 bridgehead atoms. The van der Waals surface area contributed by atoms with Gasteiger partial charge < -0.3 is 19.2 Å². The Hall–Kier alpha value is -1.70. The highest BCUT2D eigenvalue weighted by atomic mass is 32.1. The lowest BCUT2D eigenvalue weighted by atomic mass is 9.83. The molecule has 6 nitrogen and oxygen atoms in total. The molecule has 4 heterocycles. The van der Waals surface area contributed by atoms with Gasteiger partial charge in [-0.25, -0.2) is 4.98 Å². The molecule has 0 aliphatic carbocycles. The summed E-state index contributed by atoms with van der Waals surface area (Å²) in [4.78, 5) is 19.5. The second kappa shape index (κ2) is 6.31. The minimum absolute atomic E-state index is 0.0107. The molecule has 1 unspecified atom stereocenters. The van der Waals surface area contributed by atoms with Crippen LogP contribution in [0.25, 0.3) is 10.8 Å². The fourth-order valence-electron chi connectivity index (χ4n) is 3.51. The highest BCUT2D eigenvalue weighted by Crippen LogP contribution is 2.36. The Labute approximate surface area is 144 Å². The van der Waals surface area contributed by atoms with Gasteiger partial charge in [0.2, 0.25) is 0 Å². The predicted molar refractivity (Wildman–Crippen MR) is 88.9 cm³/mol. The molecule has 2 aromatic heterocycles. The molecule has 1 N–H and O–H groups in total. The Morgan fingerprint density at radius 2 is 2.25 bits per heavy atom. The Morgan fingerprint density at radius 1 is 1.42 bits per heavy atom. The van der Waals surface area contributed by atoms with E-state index >= 15 is 0 Å². The minimum atomic E-state index is -0.279. The van der Waals surface area contributed by atoms with Crippen molar-refractivity contribution in [3.63, 3.8) is 0 Å². The number of aliphatic hydroxyl groups excluding tert-OH is 1. The molecule has 4 rings (SSSR count). The number of piperidine rings is 1. The smallest absolute Gasteiger partial charge is 0.265 e. The Morgan fingerprint density at radius 3 is 2.96 bits per heavy atom. The van der Waals surface area contributed by atoms with Crippen LogP contribution in [0.2, 0.25) is 0 Å². The van der Waals surface area contributed by atoms with Crippen molar-refractivity contribution in [2.24, 2.45) is 0 Å². The van der Waals surface area contributed by atoms with Crippen LogP contribution in [0.4, 0.5) is 0 Å². The number of hydrogen-bond acceptors (Lipinski definition) is 6. The highest BCUT2D eigenvalue weighted by molar-refractivity contribution is 7.16. The van der Waals surface area contributed by atoms with E-state index in [2.05, 4.69) is 4.98 Å². The van der Waals surface area contributed by atoms with E-state index in [1.54, 1.807) is 18.5 Å². The van der Waals surface area contributed by atoms with E-state index in [1.807, 2.05) is 11.0 Å². The zero-order chi connectivity index (χ0) is 16.6. The summed E-state index contributed by atoms with van der Waals surface area (Å²) in [5.41, 5.74) is -0.249. The summed E-state index contributed by atoms with van der Waals surface area (Å²) in [7, 11) is 0. The van der Waals surface area contributed by atoms with Gasteiger partial charge in [-0.2, -0.15) is 0 Å². The molecule has 1 amide bonds. The summed E-state index contributed by atoms with van der Waals surface area (Å²) in [5, 5.41) is 10.6. The molecule has 24 heavy (non-hydrogen) atoms. The van der Waals surface area contributed by atoms with Gasteiger partial charge in [-0.1, -0.05) is 0 Å². The first-order valence-corrected chi connectivity index (χ1v) is 9.08. The number of amides is 1. The summed E-state index contributed by atoms with van der Waals surface area (Å²) in [5.74, 6) is 0.692. The molecule has 0 aromatic carbocycles. The van der Waals surface area contributed by atoms with Crippen LogP contribution < -0.4 is 0 Å². The zero-order valence-electron chi connectivity index (χ0n) is 13.3. The third-order valence-electron chi connectivity index (χ3n) is 4.88. The van der Waals surface area contributed by atoms with Crippen LogP contribution in [0.5, 0.6) is 0 Å². The molecule has 2 aliphatic rings. The van der Waals surface area contributed by atoms with E-state index in [0.717, 1.165) is 17.8 Å². The van der Waals surface area contributed by atoms with Crippen molar-refractivity contribution >= 4 is 17.2 Å². The maximum atomic E-state index is 12.7. The van der Waals surface area contributed by atoms with Crippen molar-refractivity contribution in [2.75, 3.05) is 19.7 Å². The van der Waals surface area contributed by atoms with Gasteiger partial charge in [0, 0.05) is 26.1 Å². The standard InChI is InChI=1S/C17H20N2O4S/c20-12-3-9-23-17(10-12)4-6-19(7-5-17)16(21)14-11-18-15(24-14)13-2-1-8-22-13/h1-2,8,11-12,20H,3-7,9-10H2. The monoisotopic (exact) mass is 348 g/mol. The van der Waals surface area contributed by atoms with Gasteiger partial charge in [0.1, 0.15) is 4.88 Å². The van der Waals surface area contributed by atoms with Crippen molar-refractivity contribution in [2.45, 2.75) is 37.4 Å². The van der Waals surface area contributed by atoms with Gasteiger partial charge in [-0.05, 0) is 31.4 Å². The molecule has 1 atom stereocenters. The SMILES string of the molecule is O=C(c1cnc(-c2ccco2)s1)N1CCC2(CC1)CC(O)CCO2. The average molecular weight is 348 g/mol. The van der Waals surface area contributed by atoms with Gasteiger partial charge in [-0.15, -0.1) is 11.3 Å². The molecule has 2 aliphatic heterocycles. The van der Waals surface area contributed by atoms with Crippen LogP contribution in [0.15, 0.2) is 29.0 Å². The van der Waals surface area contributed by atoms with Crippen molar-refractivity contribution in [1.82, 2.24) is 9.88 Å². The molecular formula is C17H20N2O4S. The molecule has 0 radical (unpaired) electrons. The maximum Gasteiger partial charge on any atom is 0.265 e. The van der Waals surface area contributed by atoms with Gasteiger partial charge in [0.05, 0.1) is 24.2 Å². The fraction of sp³-hybridized carbons (Fsp3) is 0.529. The molecule has 2 saturated heterocycles. The van der Waals surface area contributed by atoms with Crippen molar-refractivity contribution < 1.29 is 19.1 Å². The summed E-state index contributed by atoms with van der Waals surface area (Å²) in [6.07, 6.45) is 5.88. The number of furan rings is 1. The molecule has 128 valence electrons. The lowest BCUT2D eigenvalue weighted by Crippen LogP contribution is -2.51. The quantitative estimate of drug-likeness (QED) is 0.903. The average Bonchev–Trinajstić information content (AvgIpc) is 3.26. The normalized spacial score (nSPS) is 23.5. The van der Waals surface area contributed by atoms with Crippen LogP contribution in [0.1, 0.15) is 35.4 Å². The van der Waals surface area contributed by atoms with Crippen LogP contribution in [-0.2, 0) is 4.74 Å². The topological polar surface area (TPSA) is 75.8 Å². The lowest BCUT2D eigenvalue weighted by Gasteiger charge is -2.45. The van der Waals surface area contributed by atoms with E-state index in [0.29, 0.717) is 43.2 Å². The maximum absolute atomic E-state index is 12.7. The third kappa shape index (κ3) is 2.99. The number of ether oxygens (including phenoxy) is 1. The van der Waals surface area contributed by atoms with Crippen LogP contribution in [0.3, 0.4) is 0 Å². The Kier molecular flexibility index (Phi) is 4.15. The summed E-state index contributed by atoms with van der Waals surface area (Å²) < 4.78 is 11.3. The summed E-state index contributed by atoms with van der Waals surface area (Å²) in [6, 6.07) is 3.64. The molecule has 1 spiro atoms. The first-order chi connectivity index (χ1) is 11.7. The van der Waals surface area contributed by atoms with E-state index < -0.39 is 0 Å². The molecule has 2 fully saturated rings. The fourth-order valence-corrected chi connectivity index (χ4v) is 4.36. The van der Waals surface area contributed by atoms with Crippen molar-refractivity contribution in [3.05, 3.63) is 29.5 Å². The third-order valence-corrected chi connectivity index (χ3v) is 5.88. The summed E-state index contributed by atoms with van der Waals surface area (Å²) in [6.45, 7) is 1.91. The number of likely N-dealkylation sites (tertiary alicyclic amines) is 1. The van der Waals surface area contributed by atoms with Gasteiger partial charge in [-0.3, -0.25) is 4.79 Å². The van der Waals surface area contributed by atoms with Crippen LogP contribution in [-0.4, -0.2) is 52.3 Å². The van der Waals surface area contributed by atoms with Crippen LogP contribution >= 0.6 is 11.3 Å². The Balaban J connectivity index is 1.41. The van der Waals surface area contributed by atoms with Gasteiger partial charge >= 0.3 is 0 Å². The largest absolute Gasteiger partial charge is 0.462 e. The van der Waals surface area contributed by atoms with Gasteiger partial charge in [0.15, 0.2) is 10.8 Å². The van der Waals surface area contributed by atoms with Crippen molar-refractivity contribution in [1.29, 1.82) is 0 Å². The molecule has 7 heteroatoms. The van der Waals surface area contributed by atoms with E-state index in [1.165, 1.54) is 11.3 Å². The lowest BCUT2D eigenvalue weighted by molar-refractivity contribution is -0.139. The number of aliphatic hydroxyl groups is 1. The Bertz CT molecular complexity index is 704. The number of aromatic nitrogens is 1. The minimum Gasteiger partial charge on any atom is -0.462 e. The highest BCUT2D eigenvalue weighted by Gasteiger charge is 2.41. The second-order valence-corrected chi connectivity index (χ2v) is 7.51. The number of hydrogen-bond donors (Lipinski definition) is 1. The first-order valence-electron chi connectivity index (χ1n) is 8.26. The van der Waals surface area contributed by atoms with E-state index in [-0.39, 0.29) is 17.6 Å². The van der Waals surface area contributed by atoms with E-state index in [9.17, 15) is 9.90 Å². The number of nitrogens with zero attached hydrogens (tertiary/aromatic N) is 2. The molecule has 0 saturated carbocycles. The number of rotatable bonds is 2. The predicted octanol–water partition coefficient (Wildman–Crippen LogP) is 2.55. The molecular weight excluding hydrogens is 328 g/mol. The van der Waals surface area contributed by atoms with Crippen molar-refractivity contribution in [3.8, 4) is 10.8 Å². The van der Waals surface area contributed by atoms with E-state index in [4.69, 9.17) is 9.15 Å². The van der Waals surface area contributed by atoms with Crippen LogP contribution in [0, 0.1) is 0 Å². The first kappa shape index (κ1) is 15.8. The zero-order valence-corrected chi connectivity index (χ0v) is 14.1. The van der Waals surface area contributed by atoms with Gasteiger partial charge in [0.25, 0.3) is 5.91 Å². The number of thiazole rings is 1. The molecule has 2 aromatic rings. The number of carbonyl (C=O) groups excluding carboxylic acids is 1. The summed E-state index contributed by atoms with van der Waals surface area (Å²) >= 11 is 1.35.